The van der Waals surface area contributed by atoms with Crippen LogP contribution in [0, 0.1) is 0 Å². The molecule has 2 aliphatic rings. The topological polar surface area (TPSA) is 86.8 Å². The number of hydrogen-bond donors (Lipinski definition) is 1. The van der Waals surface area contributed by atoms with E-state index in [4.69, 9.17) is 0 Å². The lowest BCUT2D eigenvalue weighted by Gasteiger charge is -2.26. The highest BCUT2D eigenvalue weighted by Crippen LogP contribution is 2.29. The van der Waals surface area contributed by atoms with Crippen LogP contribution in [0.2, 0.25) is 0 Å². The van der Waals surface area contributed by atoms with Crippen molar-refractivity contribution >= 4 is 33.2 Å². The highest BCUT2D eigenvalue weighted by molar-refractivity contribution is 7.89. The van der Waals surface area contributed by atoms with Gasteiger partial charge in [-0.15, -0.1) is 0 Å². The zero-order valence-corrected chi connectivity index (χ0v) is 17.7. The fraction of sp³-hybridized carbons (Fsp3) is 0.364. The number of sulfonamides is 1. The van der Waals surface area contributed by atoms with Crippen LogP contribution in [0.15, 0.2) is 47.4 Å². The summed E-state index contributed by atoms with van der Waals surface area (Å²) in [5.41, 5.74) is 2.90. The Kier molecular flexibility index (Phi) is 5.62. The highest BCUT2D eigenvalue weighted by atomic mass is 32.2. The van der Waals surface area contributed by atoms with E-state index < -0.39 is 10.0 Å². The van der Waals surface area contributed by atoms with Gasteiger partial charge >= 0.3 is 0 Å². The van der Waals surface area contributed by atoms with Gasteiger partial charge in [0.2, 0.25) is 15.9 Å². The molecular weight excluding hydrogens is 402 g/mol. The van der Waals surface area contributed by atoms with E-state index in [0.29, 0.717) is 37.2 Å². The molecule has 2 aromatic carbocycles. The van der Waals surface area contributed by atoms with E-state index in [2.05, 4.69) is 5.32 Å². The summed E-state index contributed by atoms with van der Waals surface area (Å²) in [4.78, 5) is 26.3. The van der Waals surface area contributed by atoms with Gasteiger partial charge in [-0.1, -0.05) is 6.42 Å². The Hall–Kier alpha value is -2.71. The van der Waals surface area contributed by atoms with Gasteiger partial charge in [0.1, 0.15) is 0 Å². The van der Waals surface area contributed by atoms with Crippen molar-refractivity contribution in [2.24, 2.45) is 0 Å². The minimum atomic E-state index is -3.51. The second-order valence-corrected chi connectivity index (χ2v) is 9.68. The Balaban J connectivity index is 1.47. The van der Waals surface area contributed by atoms with Crippen LogP contribution in [0.1, 0.15) is 41.6 Å². The number of aryl methyl sites for hydroxylation is 1. The number of amides is 2. The van der Waals surface area contributed by atoms with Gasteiger partial charge in [0, 0.05) is 43.5 Å². The molecule has 0 aromatic heterocycles. The third-order valence-electron chi connectivity index (χ3n) is 5.75. The lowest BCUT2D eigenvalue weighted by Crippen LogP contribution is -2.35. The van der Waals surface area contributed by atoms with E-state index in [1.807, 2.05) is 12.1 Å². The number of carbonyl (C=O) groups is 2. The standard InChI is InChI=1S/C22H25N3O4S/c1-24-20-11-8-18(15-17(20)7-12-21(24)26)23-22(27)16-5-9-19(10-6-16)30(28,29)25-13-3-2-4-14-25/h5-6,8-11,15H,2-4,7,12-14H2,1H3,(H,23,27). The molecule has 4 rings (SSSR count). The summed E-state index contributed by atoms with van der Waals surface area (Å²) < 4.78 is 27.0. The zero-order chi connectivity index (χ0) is 21.3. The van der Waals surface area contributed by atoms with Crippen molar-refractivity contribution in [1.29, 1.82) is 0 Å². The number of fused-ring (bicyclic) bond motifs is 1. The molecule has 8 heteroatoms. The molecule has 0 aliphatic carbocycles. The van der Waals surface area contributed by atoms with E-state index in [9.17, 15) is 18.0 Å². The number of benzene rings is 2. The summed E-state index contributed by atoms with van der Waals surface area (Å²) in [6.45, 7) is 1.09. The molecule has 0 radical (unpaired) electrons. The van der Waals surface area contributed by atoms with Crippen LogP contribution in [0.4, 0.5) is 11.4 Å². The average Bonchev–Trinajstić information content (AvgIpc) is 2.77. The Labute approximate surface area is 176 Å². The normalized spacial score (nSPS) is 17.5. The van der Waals surface area contributed by atoms with Crippen LogP contribution < -0.4 is 10.2 Å². The third-order valence-corrected chi connectivity index (χ3v) is 7.66. The van der Waals surface area contributed by atoms with Crippen molar-refractivity contribution in [3.63, 3.8) is 0 Å². The number of hydrogen-bond acceptors (Lipinski definition) is 4. The summed E-state index contributed by atoms with van der Waals surface area (Å²) in [7, 11) is -1.77. The molecule has 2 amide bonds. The van der Waals surface area contributed by atoms with Gasteiger partial charge in [-0.25, -0.2) is 8.42 Å². The molecule has 0 bridgehead atoms. The van der Waals surface area contributed by atoms with Crippen molar-refractivity contribution < 1.29 is 18.0 Å². The quantitative estimate of drug-likeness (QED) is 0.813. The van der Waals surface area contributed by atoms with Crippen LogP contribution in [0.3, 0.4) is 0 Å². The molecule has 2 aliphatic heterocycles. The molecule has 1 fully saturated rings. The summed E-state index contributed by atoms with van der Waals surface area (Å²) in [6.07, 6.45) is 3.91. The van der Waals surface area contributed by atoms with Crippen LogP contribution >= 0.6 is 0 Å². The Bertz CT molecular complexity index is 1070. The van der Waals surface area contributed by atoms with E-state index in [1.165, 1.54) is 28.6 Å². The Morgan fingerprint density at radius 3 is 2.37 bits per heavy atom. The van der Waals surface area contributed by atoms with E-state index in [1.54, 1.807) is 18.0 Å². The largest absolute Gasteiger partial charge is 0.322 e. The van der Waals surface area contributed by atoms with Crippen LogP contribution in [0.5, 0.6) is 0 Å². The number of piperidine rings is 1. The Morgan fingerprint density at radius 1 is 0.967 bits per heavy atom. The molecule has 158 valence electrons. The third kappa shape index (κ3) is 3.97. The summed E-state index contributed by atoms with van der Waals surface area (Å²) >= 11 is 0. The SMILES string of the molecule is CN1C(=O)CCc2cc(NC(=O)c3ccc(S(=O)(=O)N4CCCCC4)cc3)ccc21. The van der Waals surface area contributed by atoms with Crippen LogP contribution in [-0.2, 0) is 21.2 Å². The molecule has 2 aromatic rings. The van der Waals surface area contributed by atoms with E-state index in [-0.39, 0.29) is 16.7 Å². The van der Waals surface area contributed by atoms with Gasteiger partial charge in [-0.3, -0.25) is 9.59 Å². The van der Waals surface area contributed by atoms with Gasteiger partial charge in [0.25, 0.3) is 5.91 Å². The molecule has 2 heterocycles. The second kappa shape index (κ2) is 8.20. The zero-order valence-electron chi connectivity index (χ0n) is 16.9. The first-order valence-corrected chi connectivity index (χ1v) is 11.6. The molecule has 1 N–H and O–H groups in total. The smallest absolute Gasteiger partial charge is 0.255 e. The first-order chi connectivity index (χ1) is 14.4. The summed E-state index contributed by atoms with van der Waals surface area (Å²) in [6, 6.07) is 11.5. The lowest BCUT2D eigenvalue weighted by atomic mass is 10.0. The number of anilines is 2. The number of nitrogens with zero attached hydrogens (tertiary/aromatic N) is 2. The summed E-state index contributed by atoms with van der Waals surface area (Å²) in [5.74, 6) is -0.226. The average molecular weight is 428 g/mol. The molecule has 7 nitrogen and oxygen atoms in total. The Morgan fingerprint density at radius 2 is 1.67 bits per heavy atom. The van der Waals surface area contributed by atoms with Gasteiger partial charge in [-0.05, 0) is 67.3 Å². The maximum atomic E-state index is 12.7. The lowest BCUT2D eigenvalue weighted by molar-refractivity contribution is -0.118. The van der Waals surface area contributed by atoms with E-state index in [0.717, 1.165) is 30.5 Å². The predicted molar refractivity (Wildman–Crippen MR) is 115 cm³/mol. The van der Waals surface area contributed by atoms with Gasteiger partial charge in [0.05, 0.1) is 4.90 Å². The molecule has 0 saturated carbocycles. The minimum absolute atomic E-state index is 0.0823. The monoisotopic (exact) mass is 427 g/mol. The first-order valence-electron chi connectivity index (χ1n) is 10.2. The maximum Gasteiger partial charge on any atom is 0.255 e. The first kappa shape index (κ1) is 20.6. The minimum Gasteiger partial charge on any atom is -0.322 e. The fourth-order valence-corrected chi connectivity index (χ4v) is 5.49. The number of nitrogens with one attached hydrogen (secondary N) is 1. The summed E-state index contributed by atoms with van der Waals surface area (Å²) in [5, 5.41) is 2.85. The van der Waals surface area contributed by atoms with Crippen molar-refractivity contribution in [3.05, 3.63) is 53.6 Å². The molecule has 0 unspecified atom stereocenters. The van der Waals surface area contributed by atoms with Crippen molar-refractivity contribution in [2.75, 3.05) is 30.4 Å². The van der Waals surface area contributed by atoms with Crippen LogP contribution in [-0.4, -0.2) is 44.7 Å². The predicted octanol–water partition coefficient (Wildman–Crippen LogP) is 3.02. The maximum absolute atomic E-state index is 12.7. The van der Waals surface area contributed by atoms with Crippen molar-refractivity contribution in [3.8, 4) is 0 Å². The molecular formula is C22H25N3O4S. The molecule has 0 spiro atoms. The molecule has 0 atom stereocenters. The fourth-order valence-electron chi connectivity index (χ4n) is 3.97. The molecule has 1 saturated heterocycles. The second-order valence-electron chi connectivity index (χ2n) is 7.74. The van der Waals surface area contributed by atoms with Gasteiger partial charge in [-0.2, -0.15) is 4.31 Å². The van der Waals surface area contributed by atoms with Crippen molar-refractivity contribution in [2.45, 2.75) is 37.0 Å². The van der Waals surface area contributed by atoms with Crippen LogP contribution in [0.25, 0.3) is 0 Å². The number of carbonyl (C=O) groups excluding carboxylic acids is 2. The van der Waals surface area contributed by atoms with Gasteiger partial charge < -0.3 is 10.2 Å². The molecule has 30 heavy (non-hydrogen) atoms. The van der Waals surface area contributed by atoms with Gasteiger partial charge in [0.15, 0.2) is 0 Å². The van der Waals surface area contributed by atoms with Crippen molar-refractivity contribution in [1.82, 2.24) is 4.31 Å². The highest BCUT2D eigenvalue weighted by Gasteiger charge is 2.26. The van der Waals surface area contributed by atoms with E-state index >= 15 is 0 Å². The number of rotatable bonds is 4.